The van der Waals surface area contributed by atoms with Gasteiger partial charge in [-0.25, -0.2) is 13.2 Å². The second-order valence-electron chi connectivity index (χ2n) is 5.96. The monoisotopic (exact) mass is 365 g/mol. The van der Waals surface area contributed by atoms with Crippen molar-refractivity contribution < 1.29 is 18.0 Å². The minimum absolute atomic E-state index is 0.00144. The summed E-state index contributed by atoms with van der Waals surface area (Å²) in [5.74, 6) is -1.10. The number of thioether (sulfide) groups is 1. The summed E-state index contributed by atoms with van der Waals surface area (Å²) in [6.45, 7) is 1.03. The summed E-state index contributed by atoms with van der Waals surface area (Å²) in [6.07, 6.45) is 0.546. The lowest BCUT2D eigenvalue weighted by atomic mass is 10.1. The number of hydrogen-bond acceptors (Lipinski definition) is 2. The standard InChI is InChI=1S/C19H18F3NOS/c20-14-6-5-13(17(22)12-14)11-19(24)23-8-7-18(25-10-9-23)15-3-1-2-4-16(15)21/h1-6,12,18H,7-11H2/t18-/m0/s1. The number of carbonyl (C=O) groups is 1. The number of rotatable bonds is 3. The first-order valence-corrected chi connectivity index (χ1v) is 9.17. The van der Waals surface area contributed by atoms with Gasteiger partial charge in [-0.1, -0.05) is 24.3 Å². The van der Waals surface area contributed by atoms with Gasteiger partial charge in [-0.05, 0) is 24.1 Å². The Hall–Kier alpha value is -1.95. The second kappa shape index (κ2) is 7.95. The normalized spacial score (nSPS) is 18.0. The van der Waals surface area contributed by atoms with Crippen LogP contribution >= 0.6 is 11.8 Å². The Balaban J connectivity index is 1.64. The van der Waals surface area contributed by atoms with Crippen molar-refractivity contribution in [1.29, 1.82) is 0 Å². The Morgan fingerprint density at radius 3 is 2.64 bits per heavy atom. The van der Waals surface area contributed by atoms with Crippen LogP contribution in [0.4, 0.5) is 13.2 Å². The molecular weight excluding hydrogens is 347 g/mol. The first kappa shape index (κ1) is 17.9. The molecule has 25 heavy (non-hydrogen) atoms. The highest BCUT2D eigenvalue weighted by molar-refractivity contribution is 7.99. The van der Waals surface area contributed by atoms with Gasteiger partial charge in [0.05, 0.1) is 6.42 Å². The molecule has 0 bridgehead atoms. The Kier molecular flexibility index (Phi) is 5.68. The molecule has 3 rings (SSSR count). The van der Waals surface area contributed by atoms with E-state index in [2.05, 4.69) is 0 Å². The van der Waals surface area contributed by atoms with Crippen molar-refractivity contribution in [2.24, 2.45) is 0 Å². The number of amides is 1. The van der Waals surface area contributed by atoms with E-state index < -0.39 is 11.6 Å². The molecule has 132 valence electrons. The zero-order valence-corrected chi connectivity index (χ0v) is 14.4. The van der Waals surface area contributed by atoms with E-state index in [1.54, 1.807) is 28.8 Å². The average molecular weight is 365 g/mol. The zero-order valence-electron chi connectivity index (χ0n) is 13.6. The SMILES string of the molecule is O=C(Cc1ccc(F)cc1F)N1CCS[C@H](c2ccccc2F)CC1. The minimum atomic E-state index is -0.707. The van der Waals surface area contributed by atoms with Crippen molar-refractivity contribution in [1.82, 2.24) is 4.90 Å². The number of hydrogen-bond donors (Lipinski definition) is 0. The predicted molar refractivity (Wildman–Crippen MR) is 92.9 cm³/mol. The third kappa shape index (κ3) is 4.37. The largest absolute Gasteiger partial charge is 0.342 e. The van der Waals surface area contributed by atoms with Crippen molar-refractivity contribution in [3.63, 3.8) is 0 Å². The molecule has 0 aliphatic carbocycles. The molecule has 0 aromatic heterocycles. The molecule has 0 spiro atoms. The van der Waals surface area contributed by atoms with E-state index in [4.69, 9.17) is 0 Å². The Bertz CT molecular complexity index is 768. The van der Waals surface area contributed by atoms with Crippen LogP contribution in [0.25, 0.3) is 0 Å². The van der Waals surface area contributed by atoms with Crippen LogP contribution in [0.5, 0.6) is 0 Å². The lowest BCUT2D eigenvalue weighted by Gasteiger charge is -2.20. The van der Waals surface area contributed by atoms with Crippen LogP contribution in [0.1, 0.15) is 22.8 Å². The van der Waals surface area contributed by atoms with Crippen LogP contribution in [0.15, 0.2) is 42.5 Å². The topological polar surface area (TPSA) is 20.3 Å². The third-order valence-corrected chi connectivity index (χ3v) is 5.61. The van der Waals surface area contributed by atoms with Crippen molar-refractivity contribution in [3.8, 4) is 0 Å². The fraction of sp³-hybridized carbons (Fsp3) is 0.316. The maximum absolute atomic E-state index is 14.0. The van der Waals surface area contributed by atoms with Gasteiger partial charge in [0.1, 0.15) is 17.5 Å². The molecular formula is C19H18F3NOS. The lowest BCUT2D eigenvalue weighted by molar-refractivity contribution is -0.130. The maximum atomic E-state index is 14.0. The van der Waals surface area contributed by atoms with Gasteiger partial charge in [-0.2, -0.15) is 11.8 Å². The molecule has 1 heterocycles. The van der Waals surface area contributed by atoms with Crippen LogP contribution in [0.2, 0.25) is 0 Å². The first-order valence-electron chi connectivity index (χ1n) is 8.12. The van der Waals surface area contributed by atoms with Gasteiger partial charge in [0.25, 0.3) is 0 Å². The summed E-state index contributed by atoms with van der Waals surface area (Å²) in [5, 5.41) is 0.00144. The van der Waals surface area contributed by atoms with Crippen LogP contribution < -0.4 is 0 Å². The highest BCUT2D eigenvalue weighted by Crippen LogP contribution is 2.35. The summed E-state index contributed by atoms with van der Waals surface area (Å²) < 4.78 is 40.7. The van der Waals surface area contributed by atoms with Crippen molar-refractivity contribution >= 4 is 17.7 Å². The number of carbonyl (C=O) groups excluding carboxylic acids is 1. The molecule has 1 aliphatic heterocycles. The summed E-state index contributed by atoms with van der Waals surface area (Å²) >= 11 is 1.63. The third-order valence-electron chi connectivity index (χ3n) is 4.30. The highest BCUT2D eigenvalue weighted by Gasteiger charge is 2.24. The van der Waals surface area contributed by atoms with Gasteiger partial charge < -0.3 is 4.90 Å². The molecule has 2 aromatic rings. The Labute approximate surface area is 149 Å². The molecule has 0 N–H and O–H groups in total. The van der Waals surface area contributed by atoms with E-state index in [1.807, 2.05) is 6.07 Å². The minimum Gasteiger partial charge on any atom is -0.342 e. The van der Waals surface area contributed by atoms with E-state index in [0.29, 0.717) is 30.8 Å². The molecule has 2 aromatic carbocycles. The van der Waals surface area contributed by atoms with Gasteiger partial charge in [0.15, 0.2) is 0 Å². The average Bonchev–Trinajstić information content (AvgIpc) is 2.84. The Morgan fingerprint density at radius 1 is 1.08 bits per heavy atom. The van der Waals surface area contributed by atoms with Crippen molar-refractivity contribution in [2.45, 2.75) is 18.1 Å². The number of nitrogens with zero attached hydrogens (tertiary/aromatic N) is 1. The van der Waals surface area contributed by atoms with Crippen LogP contribution in [0, 0.1) is 17.5 Å². The first-order chi connectivity index (χ1) is 12.0. The highest BCUT2D eigenvalue weighted by atomic mass is 32.2. The summed E-state index contributed by atoms with van der Waals surface area (Å²) in [5.41, 5.74) is 0.848. The van der Waals surface area contributed by atoms with Gasteiger partial charge in [-0.15, -0.1) is 0 Å². The number of halogens is 3. The molecule has 0 unspecified atom stereocenters. The second-order valence-corrected chi connectivity index (χ2v) is 7.27. The van der Waals surface area contributed by atoms with E-state index in [1.165, 1.54) is 12.1 Å². The zero-order chi connectivity index (χ0) is 17.8. The van der Waals surface area contributed by atoms with Gasteiger partial charge >= 0.3 is 0 Å². The molecule has 1 atom stereocenters. The van der Waals surface area contributed by atoms with Crippen LogP contribution in [-0.2, 0) is 11.2 Å². The maximum Gasteiger partial charge on any atom is 0.227 e. The van der Waals surface area contributed by atoms with Crippen LogP contribution in [-0.4, -0.2) is 29.6 Å². The lowest BCUT2D eigenvalue weighted by Crippen LogP contribution is -2.34. The molecule has 1 saturated heterocycles. The summed E-state index contributed by atoms with van der Waals surface area (Å²) in [7, 11) is 0. The molecule has 1 fully saturated rings. The van der Waals surface area contributed by atoms with Crippen molar-refractivity contribution in [3.05, 3.63) is 71.0 Å². The predicted octanol–water partition coefficient (Wildman–Crippen LogP) is 4.35. The van der Waals surface area contributed by atoms with Crippen LogP contribution in [0.3, 0.4) is 0 Å². The van der Waals surface area contributed by atoms with Gasteiger partial charge in [-0.3, -0.25) is 4.79 Å². The molecule has 1 aliphatic rings. The fourth-order valence-electron chi connectivity index (χ4n) is 2.94. The van der Waals surface area contributed by atoms with E-state index >= 15 is 0 Å². The van der Waals surface area contributed by atoms with E-state index in [0.717, 1.165) is 12.1 Å². The smallest absolute Gasteiger partial charge is 0.227 e. The molecule has 2 nitrogen and oxygen atoms in total. The molecule has 0 saturated carbocycles. The van der Waals surface area contributed by atoms with Gasteiger partial charge in [0, 0.05) is 35.7 Å². The van der Waals surface area contributed by atoms with Crippen molar-refractivity contribution in [2.75, 3.05) is 18.8 Å². The number of benzene rings is 2. The summed E-state index contributed by atoms with van der Waals surface area (Å²) in [4.78, 5) is 14.1. The Morgan fingerprint density at radius 2 is 1.88 bits per heavy atom. The fourth-order valence-corrected chi connectivity index (χ4v) is 4.20. The van der Waals surface area contributed by atoms with E-state index in [-0.39, 0.29) is 29.0 Å². The molecule has 1 amide bonds. The molecule has 6 heteroatoms. The summed E-state index contributed by atoms with van der Waals surface area (Å²) in [6, 6.07) is 9.93. The van der Waals surface area contributed by atoms with Gasteiger partial charge in [0.2, 0.25) is 5.91 Å². The molecule has 0 radical (unpaired) electrons. The quantitative estimate of drug-likeness (QED) is 0.806. The van der Waals surface area contributed by atoms with E-state index in [9.17, 15) is 18.0 Å².